The van der Waals surface area contributed by atoms with E-state index >= 15 is 0 Å². The lowest BCUT2D eigenvalue weighted by Crippen LogP contribution is -2.08. The fraction of sp³-hybridized carbons (Fsp3) is 0.500. The van der Waals surface area contributed by atoms with Crippen LogP contribution in [0.15, 0.2) is 5.57 Å². The molecule has 0 bridgehead atoms. The molecule has 0 atom stereocenters. The van der Waals surface area contributed by atoms with E-state index in [2.05, 4.69) is 19.6 Å². The first kappa shape index (κ1) is 14.6. The molecule has 0 aliphatic heterocycles. The van der Waals surface area contributed by atoms with E-state index in [-0.39, 0.29) is 0 Å². The number of allylic oxidation sites excluding steroid dienone is 1. The molecule has 0 saturated carbocycles. The van der Waals surface area contributed by atoms with Crippen LogP contribution in [0.4, 0.5) is 0 Å². The van der Waals surface area contributed by atoms with Crippen molar-refractivity contribution in [3.63, 3.8) is 0 Å². The summed E-state index contributed by atoms with van der Waals surface area (Å²) in [6.07, 6.45) is 3.27. The van der Waals surface area contributed by atoms with Gasteiger partial charge >= 0.3 is 0 Å². The molecule has 1 aromatic heterocycles. The molecular weight excluding hydrogens is 278 g/mol. The first-order valence-corrected chi connectivity index (χ1v) is 7.71. The number of hydrogen-bond acceptors (Lipinski definition) is 5. The average Bonchev–Trinajstić information content (AvgIpc) is 2.73. The number of thiol groups is 1. The number of aryl methyl sites for hydroxylation is 1. The van der Waals surface area contributed by atoms with Gasteiger partial charge in [0.1, 0.15) is 6.61 Å². The number of hydrogen-bond donors (Lipinski definition) is 2. The number of nitrogens with one attached hydrogen (secondary N) is 1. The molecule has 0 amide bonds. The van der Waals surface area contributed by atoms with Crippen LogP contribution in [-0.2, 0) is 11.2 Å². The molecule has 1 aromatic rings. The second-order valence-corrected chi connectivity index (χ2v) is 6.00. The third-order valence-corrected chi connectivity index (χ3v) is 4.77. The van der Waals surface area contributed by atoms with Crippen molar-refractivity contribution in [2.24, 2.45) is 0 Å². The summed E-state index contributed by atoms with van der Waals surface area (Å²) in [5, 5.41) is 8.36. The van der Waals surface area contributed by atoms with Crippen molar-refractivity contribution < 1.29 is 9.47 Å². The molecular formula is C14H19NO2S2. The van der Waals surface area contributed by atoms with Crippen molar-refractivity contribution in [3.05, 3.63) is 21.6 Å². The number of ether oxygens (including phenoxy) is 2. The number of rotatable bonds is 6. The first-order valence-electron chi connectivity index (χ1n) is 6.44. The summed E-state index contributed by atoms with van der Waals surface area (Å²) in [4.78, 5) is 2.18. The zero-order chi connectivity index (χ0) is 13.8. The average molecular weight is 297 g/mol. The van der Waals surface area contributed by atoms with Gasteiger partial charge in [-0.25, -0.2) is 0 Å². The fourth-order valence-electron chi connectivity index (χ4n) is 2.21. The molecule has 1 N–H and O–H groups in total. The largest absolute Gasteiger partial charge is 0.481 e. The number of fused-ring (bicyclic) bond motifs is 1. The van der Waals surface area contributed by atoms with Gasteiger partial charge in [-0.15, -0.1) is 24.0 Å². The molecule has 0 saturated heterocycles. The first-order chi connectivity index (χ1) is 9.19. The highest BCUT2D eigenvalue weighted by Gasteiger charge is 2.24. The SMILES string of the molecule is CCOCCOc1sc(C)c2c1C(S)=C(C=N)CC2. The van der Waals surface area contributed by atoms with Gasteiger partial charge in [0.25, 0.3) is 0 Å². The van der Waals surface area contributed by atoms with Gasteiger partial charge in [0.2, 0.25) is 0 Å². The van der Waals surface area contributed by atoms with E-state index < -0.39 is 0 Å². The van der Waals surface area contributed by atoms with Crippen LogP contribution < -0.4 is 4.74 Å². The van der Waals surface area contributed by atoms with Crippen molar-refractivity contribution in [1.29, 1.82) is 5.41 Å². The Morgan fingerprint density at radius 1 is 1.37 bits per heavy atom. The molecule has 1 aliphatic rings. The topological polar surface area (TPSA) is 42.3 Å². The minimum absolute atomic E-state index is 0.557. The lowest BCUT2D eigenvalue weighted by molar-refractivity contribution is 0.111. The third kappa shape index (κ3) is 3.04. The lowest BCUT2D eigenvalue weighted by Gasteiger charge is -2.17. The van der Waals surface area contributed by atoms with Crippen LogP contribution in [0.1, 0.15) is 29.3 Å². The van der Waals surface area contributed by atoms with E-state index in [0.29, 0.717) is 19.8 Å². The Morgan fingerprint density at radius 2 is 2.16 bits per heavy atom. The molecule has 3 nitrogen and oxygen atoms in total. The van der Waals surface area contributed by atoms with Gasteiger partial charge in [-0.2, -0.15) is 0 Å². The van der Waals surface area contributed by atoms with E-state index in [9.17, 15) is 0 Å². The van der Waals surface area contributed by atoms with E-state index in [1.807, 2.05) is 6.92 Å². The van der Waals surface area contributed by atoms with Crippen LogP contribution in [0.25, 0.3) is 4.91 Å². The molecule has 104 valence electrons. The predicted octanol–water partition coefficient (Wildman–Crippen LogP) is 3.71. The van der Waals surface area contributed by atoms with Crippen molar-refractivity contribution in [3.8, 4) is 5.06 Å². The molecule has 0 aromatic carbocycles. The highest BCUT2D eigenvalue weighted by Crippen LogP contribution is 2.45. The highest BCUT2D eigenvalue weighted by molar-refractivity contribution is 7.90. The van der Waals surface area contributed by atoms with E-state index in [1.54, 1.807) is 11.3 Å². The Kier molecular flexibility index (Phi) is 5.07. The van der Waals surface area contributed by atoms with Gasteiger partial charge in [0, 0.05) is 28.2 Å². The quantitative estimate of drug-likeness (QED) is 0.477. The Hall–Kier alpha value is -0.780. The zero-order valence-electron chi connectivity index (χ0n) is 11.3. The van der Waals surface area contributed by atoms with Crippen LogP contribution in [0.3, 0.4) is 0 Å². The van der Waals surface area contributed by atoms with E-state index in [0.717, 1.165) is 33.9 Å². The van der Waals surface area contributed by atoms with E-state index in [1.165, 1.54) is 16.7 Å². The molecule has 1 aliphatic carbocycles. The Balaban J connectivity index is 2.23. The molecule has 0 radical (unpaired) electrons. The maximum atomic E-state index is 7.45. The monoisotopic (exact) mass is 297 g/mol. The van der Waals surface area contributed by atoms with Crippen LogP contribution in [0, 0.1) is 12.3 Å². The van der Waals surface area contributed by atoms with Crippen LogP contribution in [-0.4, -0.2) is 26.0 Å². The maximum Gasteiger partial charge on any atom is 0.182 e. The van der Waals surface area contributed by atoms with Gasteiger partial charge in [0.05, 0.1) is 6.61 Å². The van der Waals surface area contributed by atoms with Gasteiger partial charge < -0.3 is 14.9 Å². The van der Waals surface area contributed by atoms with E-state index in [4.69, 9.17) is 14.9 Å². The molecule has 5 heteroatoms. The molecule has 0 fully saturated rings. The molecule has 2 rings (SSSR count). The zero-order valence-corrected chi connectivity index (χ0v) is 13.0. The van der Waals surface area contributed by atoms with Crippen molar-refractivity contribution in [1.82, 2.24) is 0 Å². The molecule has 19 heavy (non-hydrogen) atoms. The van der Waals surface area contributed by atoms with Crippen molar-refractivity contribution in [2.75, 3.05) is 19.8 Å². The van der Waals surface area contributed by atoms with Crippen molar-refractivity contribution >= 4 is 35.1 Å². The van der Waals surface area contributed by atoms with Gasteiger partial charge in [-0.1, -0.05) is 0 Å². The second kappa shape index (κ2) is 6.59. The Morgan fingerprint density at radius 3 is 2.84 bits per heavy atom. The minimum atomic E-state index is 0.557. The van der Waals surface area contributed by atoms with Gasteiger partial charge in [-0.3, -0.25) is 0 Å². The predicted molar refractivity (Wildman–Crippen MR) is 84.1 cm³/mol. The smallest absolute Gasteiger partial charge is 0.182 e. The summed E-state index contributed by atoms with van der Waals surface area (Å²) in [7, 11) is 0. The van der Waals surface area contributed by atoms with Crippen molar-refractivity contribution in [2.45, 2.75) is 26.7 Å². The standard InChI is InChI=1S/C14H19NO2S2/c1-3-16-6-7-17-14-12-11(9(2)19-14)5-4-10(8-15)13(12)18/h8,15,18H,3-7H2,1-2H3. The summed E-state index contributed by atoms with van der Waals surface area (Å²) >= 11 is 6.25. The van der Waals surface area contributed by atoms with Crippen LogP contribution in [0.5, 0.6) is 5.06 Å². The normalized spacial score (nSPS) is 14.5. The molecule has 0 spiro atoms. The van der Waals surface area contributed by atoms with Crippen LogP contribution >= 0.6 is 24.0 Å². The summed E-state index contributed by atoms with van der Waals surface area (Å²) in [6.45, 7) is 5.96. The van der Waals surface area contributed by atoms with Gasteiger partial charge in [-0.05, 0) is 37.8 Å². The summed E-state index contributed by atoms with van der Waals surface area (Å²) in [6, 6.07) is 0. The Labute approximate surface area is 123 Å². The third-order valence-electron chi connectivity index (χ3n) is 3.20. The molecule has 1 heterocycles. The summed E-state index contributed by atoms with van der Waals surface area (Å²) < 4.78 is 11.1. The second-order valence-electron chi connectivity index (χ2n) is 4.36. The lowest BCUT2D eigenvalue weighted by atomic mass is 9.94. The summed E-state index contributed by atoms with van der Waals surface area (Å²) in [5.41, 5.74) is 3.40. The minimum Gasteiger partial charge on any atom is -0.481 e. The van der Waals surface area contributed by atoms with Crippen LogP contribution in [0.2, 0.25) is 0 Å². The maximum absolute atomic E-state index is 7.45. The Bertz CT molecular complexity index is 506. The number of thiophene rings is 1. The summed E-state index contributed by atoms with van der Waals surface area (Å²) in [5.74, 6) is 0. The van der Waals surface area contributed by atoms with Gasteiger partial charge in [0.15, 0.2) is 5.06 Å². The highest BCUT2D eigenvalue weighted by atomic mass is 32.1. The molecule has 0 unspecified atom stereocenters. The fourth-order valence-corrected chi connectivity index (χ4v) is 3.77.